The average molecular weight is 515 g/mol. The molecule has 0 aliphatic heterocycles. The lowest BCUT2D eigenvalue weighted by Gasteiger charge is -2.16. The summed E-state index contributed by atoms with van der Waals surface area (Å²) in [6.45, 7) is 0. The third-order valence-electron chi connectivity index (χ3n) is 7.72. The molecular weight excluding hydrogens is 492 g/mol. The second-order valence-electron chi connectivity index (χ2n) is 10.0. The summed E-state index contributed by atoms with van der Waals surface area (Å²) in [5, 5.41) is 13.0. The smallest absolute Gasteiger partial charge is 0.163 e. The largest absolute Gasteiger partial charge is 0.294 e. The van der Waals surface area contributed by atoms with Crippen molar-refractivity contribution in [1.29, 1.82) is 5.26 Å². The predicted octanol–water partition coefficient (Wildman–Crippen LogP) is 7.29. The molecule has 1 aliphatic rings. The molecule has 6 heteroatoms. The molecule has 40 heavy (non-hydrogen) atoms. The Morgan fingerprint density at radius 3 is 2.10 bits per heavy atom. The summed E-state index contributed by atoms with van der Waals surface area (Å²) in [7, 11) is 0. The molecule has 188 valence electrons. The second-order valence-corrected chi connectivity index (χ2v) is 10.0. The highest BCUT2D eigenvalue weighted by molar-refractivity contribution is 6.09. The van der Waals surface area contributed by atoms with Crippen LogP contribution in [0.1, 0.15) is 11.3 Å². The van der Waals surface area contributed by atoms with Crippen LogP contribution < -0.4 is 0 Å². The van der Waals surface area contributed by atoms with Gasteiger partial charge in [0.1, 0.15) is 17.3 Å². The van der Waals surface area contributed by atoms with E-state index in [0.29, 0.717) is 12.2 Å². The Morgan fingerprint density at radius 1 is 0.725 bits per heavy atom. The van der Waals surface area contributed by atoms with Gasteiger partial charge < -0.3 is 0 Å². The summed E-state index contributed by atoms with van der Waals surface area (Å²) in [6, 6.07) is 35.4. The number of fused-ring (bicyclic) bond motifs is 6. The molecule has 0 N–H and O–H groups in total. The fourth-order valence-corrected chi connectivity index (χ4v) is 5.94. The normalized spacial score (nSPS) is 14.5. The maximum Gasteiger partial charge on any atom is 0.163 e. The zero-order chi connectivity index (χ0) is 26.6. The minimum absolute atomic E-state index is 0.162. The minimum Gasteiger partial charge on any atom is -0.294 e. The van der Waals surface area contributed by atoms with Crippen molar-refractivity contribution in [3.63, 3.8) is 0 Å². The van der Waals surface area contributed by atoms with Gasteiger partial charge in [0.05, 0.1) is 28.7 Å². The van der Waals surface area contributed by atoms with Gasteiger partial charge in [-0.3, -0.25) is 9.13 Å². The molecule has 7 aromatic rings. The van der Waals surface area contributed by atoms with E-state index in [4.69, 9.17) is 15.0 Å². The quantitative estimate of drug-likeness (QED) is 0.248. The summed E-state index contributed by atoms with van der Waals surface area (Å²) in [5.41, 5.74) is 6.05. The maximum atomic E-state index is 9.64. The van der Waals surface area contributed by atoms with E-state index >= 15 is 0 Å². The standard InChI is InChI=1S/C34H22N6/c35-21-22-16-17-30-27(19-22)26-13-8-18-36-34(26)40(30)32-20-31(37-33(38-32)23-9-2-1-3-10-23)39-28-14-6-4-11-24(28)25-12-5-7-15-29(25)39/h1-18,20,22H,19H2. The SMILES string of the molecule is N#CC1C=Cc2c(c3cccnc3n2-c2cc(-n3c4ccccc4c4ccccc43)nc(-c3ccccc3)n2)C1. The molecule has 0 amide bonds. The number of para-hydroxylation sites is 2. The zero-order valence-corrected chi connectivity index (χ0v) is 21.4. The lowest BCUT2D eigenvalue weighted by Crippen LogP contribution is -2.10. The second kappa shape index (κ2) is 8.75. The third-order valence-corrected chi connectivity index (χ3v) is 7.72. The molecule has 4 heterocycles. The monoisotopic (exact) mass is 514 g/mol. The Balaban J connectivity index is 1.47. The summed E-state index contributed by atoms with van der Waals surface area (Å²) in [4.78, 5) is 15.0. The molecule has 0 radical (unpaired) electrons. The van der Waals surface area contributed by atoms with E-state index in [1.54, 1.807) is 0 Å². The third kappa shape index (κ3) is 3.31. The Bertz CT molecular complexity index is 2110. The van der Waals surface area contributed by atoms with Crippen LogP contribution in [0.25, 0.3) is 61.9 Å². The van der Waals surface area contributed by atoms with Crippen LogP contribution in [0.3, 0.4) is 0 Å². The number of nitrogens with zero attached hydrogens (tertiary/aromatic N) is 6. The van der Waals surface area contributed by atoms with Crippen LogP contribution in [-0.2, 0) is 6.42 Å². The Hall–Kier alpha value is -5.54. The van der Waals surface area contributed by atoms with Gasteiger partial charge in [-0.1, -0.05) is 72.8 Å². The number of pyridine rings is 1. The van der Waals surface area contributed by atoms with E-state index in [1.165, 1.54) is 10.8 Å². The first kappa shape index (κ1) is 22.4. The molecule has 1 aliphatic carbocycles. The van der Waals surface area contributed by atoms with Crippen molar-refractivity contribution in [2.45, 2.75) is 6.42 Å². The highest BCUT2D eigenvalue weighted by Gasteiger charge is 2.25. The molecule has 4 aromatic heterocycles. The average Bonchev–Trinajstić information content (AvgIpc) is 3.54. The lowest BCUT2D eigenvalue weighted by atomic mass is 9.93. The highest BCUT2D eigenvalue weighted by Crippen LogP contribution is 2.36. The van der Waals surface area contributed by atoms with Gasteiger partial charge in [0, 0.05) is 34.0 Å². The van der Waals surface area contributed by atoms with Crippen LogP contribution >= 0.6 is 0 Å². The van der Waals surface area contributed by atoms with Crippen molar-refractivity contribution >= 4 is 38.9 Å². The Kier molecular flexibility index (Phi) is 4.91. The van der Waals surface area contributed by atoms with Crippen LogP contribution in [0, 0.1) is 17.2 Å². The van der Waals surface area contributed by atoms with Gasteiger partial charge in [0.2, 0.25) is 0 Å². The van der Waals surface area contributed by atoms with Crippen molar-refractivity contribution < 1.29 is 0 Å². The molecule has 0 spiro atoms. The van der Waals surface area contributed by atoms with Gasteiger partial charge in [-0.05, 0) is 42.3 Å². The van der Waals surface area contributed by atoms with E-state index in [2.05, 4.69) is 69.8 Å². The Morgan fingerprint density at radius 2 is 1.38 bits per heavy atom. The summed E-state index contributed by atoms with van der Waals surface area (Å²) in [5.74, 6) is 1.99. The van der Waals surface area contributed by atoms with Crippen molar-refractivity contribution in [2.75, 3.05) is 0 Å². The lowest BCUT2D eigenvalue weighted by molar-refractivity contribution is 0.807. The molecule has 0 fully saturated rings. The number of hydrogen-bond donors (Lipinski definition) is 0. The molecule has 8 rings (SSSR count). The molecule has 6 nitrogen and oxygen atoms in total. The van der Waals surface area contributed by atoms with E-state index in [1.807, 2.05) is 60.8 Å². The van der Waals surface area contributed by atoms with Crippen molar-refractivity contribution in [3.8, 4) is 29.1 Å². The van der Waals surface area contributed by atoms with Gasteiger partial charge in [-0.2, -0.15) is 5.26 Å². The summed E-state index contributed by atoms with van der Waals surface area (Å²) >= 11 is 0. The highest BCUT2D eigenvalue weighted by atomic mass is 15.2. The zero-order valence-electron chi connectivity index (χ0n) is 21.4. The first-order valence-electron chi connectivity index (χ1n) is 13.3. The number of rotatable bonds is 3. The van der Waals surface area contributed by atoms with Gasteiger partial charge in [-0.15, -0.1) is 0 Å². The van der Waals surface area contributed by atoms with E-state index in [-0.39, 0.29) is 5.92 Å². The number of hydrogen-bond acceptors (Lipinski definition) is 4. The molecule has 0 bridgehead atoms. The fraction of sp³-hybridized carbons (Fsp3) is 0.0588. The fourth-order valence-electron chi connectivity index (χ4n) is 5.94. The molecule has 0 saturated heterocycles. The van der Waals surface area contributed by atoms with E-state index in [9.17, 15) is 5.26 Å². The topological polar surface area (TPSA) is 72.3 Å². The molecule has 3 aromatic carbocycles. The van der Waals surface area contributed by atoms with Crippen LogP contribution in [0.5, 0.6) is 0 Å². The van der Waals surface area contributed by atoms with Gasteiger partial charge in [-0.25, -0.2) is 15.0 Å². The van der Waals surface area contributed by atoms with Gasteiger partial charge in [0.15, 0.2) is 5.82 Å². The first-order valence-corrected chi connectivity index (χ1v) is 13.3. The number of allylic oxidation sites excluding steroid dienone is 1. The van der Waals surface area contributed by atoms with E-state index < -0.39 is 0 Å². The predicted molar refractivity (Wildman–Crippen MR) is 158 cm³/mol. The molecule has 1 unspecified atom stereocenters. The van der Waals surface area contributed by atoms with Crippen LogP contribution in [0.2, 0.25) is 0 Å². The molecule has 0 saturated carbocycles. The Labute approximate surface area is 230 Å². The number of aromatic nitrogens is 5. The first-order chi connectivity index (χ1) is 19.8. The van der Waals surface area contributed by atoms with Crippen LogP contribution in [0.15, 0.2) is 109 Å². The van der Waals surface area contributed by atoms with E-state index in [0.717, 1.165) is 50.5 Å². The number of nitriles is 1. The summed E-state index contributed by atoms with van der Waals surface area (Å²) < 4.78 is 4.33. The maximum absolute atomic E-state index is 9.64. The van der Waals surface area contributed by atoms with Crippen LogP contribution in [0.4, 0.5) is 0 Å². The van der Waals surface area contributed by atoms with Gasteiger partial charge in [0.25, 0.3) is 0 Å². The van der Waals surface area contributed by atoms with Crippen molar-refractivity contribution in [1.82, 2.24) is 24.1 Å². The van der Waals surface area contributed by atoms with Crippen molar-refractivity contribution in [2.24, 2.45) is 5.92 Å². The van der Waals surface area contributed by atoms with Crippen LogP contribution in [-0.4, -0.2) is 24.1 Å². The number of benzene rings is 3. The van der Waals surface area contributed by atoms with Gasteiger partial charge >= 0.3 is 0 Å². The summed E-state index contributed by atoms with van der Waals surface area (Å²) in [6.07, 6.45) is 6.47. The molecular formula is C34H22N6. The van der Waals surface area contributed by atoms with Crippen molar-refractivity contribution in [3.05, 3.63) is 121 Å². The minimum atomic E-state index is -0.162. The molecule has 1 atom stereocenters.